The lowest BCUT2D eigenvalue weighted by Crippen LogP contribution is -2.48. The van der Waals surface area contributed by atoms with E-state index in [4.69, 9.17) is 0 Å². The average molecular weight is 390 g/mol. The van der Waals surface area contributed by atoms with Gasteiger partial charge in [0, 0.05) is 49.5 Å². The summed E-state index contributed by atoms with van der Waals surface area (Å²) in [6, 6.07) is 7.94. The number of hydrogen-bond acceptors (Lipinski definition) is 5. The number of benzene rings is 1. The molecule has 1 aliphatic rings. The Bertz CT molecular complexity index is 744. The molecule has 3 rings (SSSR count). The number of carbonyl (C=O) groups is 1. The standard InChI is InChI=1S/C17H20BrN5O/c1-12-11-14(18)3-4-15(12)20-16-5-6-19-17(21-16)23-9-7-22(8-10-23)13(2)24/h3-6,11H,7-10H2,1-2H3,(H,19,20,21). The van der Waals surface area contributed by atoms with Gasteiger partial charge in [-0.1, -0.05) is 15.9 Å². The fraction of sp³-hybridized carbons (Fsp3) is 0.353. The molecule has 1 amide bonds. The Hall–Kier alpha value is -2.15. The Morgan fingerprint density at radius 3 is 2.62 bits per heavy atom. The van der Waals surface area contributed by atoms with Crippen molar-refractivity contribution in [2.75, 3.05) is 36.4 Å². The molecule has 0 radical (unpaired) electrons. The lowest BCUT2D eigenvalue weighted by molar-refractivity contribution is -0.129. The molecule has 1 N–H and O–H groups in total. The van der Waals surface area contributed by atoms with Crippen LogP contribution in [0.25, 0.3) is 0 Å². The van der Waals surface area contributed by atoms with Crippen LogP contribution in [0.2, 0.25) is 0 Å². The molecule has 1 fully saturated rings. The van der Waals surface area contributed by atoms with Crippen LogP contribution in [0.1, 0.15) is 12.5 Å². The van der Waals surface area contributed by atoms with Crippen LogP contribution in [0.5, 0.6) is 0 Å². The normalized spacial score (nSPS) is 14.6. The van der Waals surface area contributed by atoms with Crippen molar-refractivity contribution in [2.24, 2.45) is 0 Å². The highest BCUT2D eigenvalue weighted by Gasteiger charge is 2.20. The number of nitrogens with one attached hydrogen (secondary N) is 1. The predicted octanol–water partition coefficient (Wildman–Crippen LogP) is 2.96. The molecule has 0 saturated carbocycles. The lowest BCUT2D eigenvalue weighted by atomic mass is 10.2. The summed E-state index contributed by atoms with van der Waals surface area (Å²) >= 11 is 3.47. The molecule has 0 spiro atoms. The highest BCUT2D eigenvalue weighted by molar-refractivity contribution is 9.10. The molecule has 7 heteroatoms. The third-order valence-corrected chi connectivity index (χ3v) is 4.60. The summed E-state index contributed by atoms with van der Waals surface area (Å²) in [4.78, 5) is 24.4. The molecule has 24 heavy (non-hydrogen) atoms. The van der Waals surface area contributed by atoms with Gasteiger partial charge in [-0.2, -0.15) is 4.98 Å². The van der Waals surface area contributed by atoms with Gasteiger partial charge in [-0.3, -0.25) is 4.79 Å². The second-order valence-corrected chi connectivity index (χ2v) is 6.73. The minimum Gasteiger partial charge on any atom is -0.340 e. The average Bonchev–Trinajstić information content (AvgIpc) is 2.58. The van der Waals surface area contributed by atoms with Crippen molar-refractivity contribution in [1.29, 1.82) is 0 Å². The third-order valence-electron chi connectivity index (χ3n) is 4.10. The highest BCUT2D eigenvalue weighted by atomic mass is 79.9. The lowest BCUT2D eigenvalue weighted by Gasteiger charge is -2.34. The minimum absolute atomic E-state index is 0.122. The number of piperazine rings is 1. The molecule has 0 unspecified atom stereocenters. The van der Waals surface area contributed by atoms with E-state index in [1.54, 1.807) is 13.1 Å². The number of halogens is 1. The van der Waals surface area contributed by atoms with E-state index in [1.807, 2.05) is 23.1 Å². The Morgan fingerprint density at radius 1 is 1.21 bits per heavy atom. The number of aromatic nitrogens is 2. The van der Waals surface area contributed by atoms with E-state index in [1.165, 1.54) is 0 Å². The summed E-state index contributed by atoms with van der Waals surface area (Å²) < 4.78 is 1.05. The van der Waals surface area contributed by atoms with Crippen molar-refractivity contribution in [3.63, 3.8) is 0 Å². The van der Waals surface area contributed by atoms with Gasteiger partial charge in [0.15, 0.2) is 0 Å². The smallest absolute Gasteiger partial charge is 0.227 e. The Kier molecular flexibility index (Phi) is 4.99. The summed E-state index contributed by atoms with van der Waals surface area (Å²) in [5, 5.41) is 3.34. The number of hydrogen-bond donors (Lipinski definition) is 1. The Labute approximate surface area is 150 Å². The van der Waals surface area contributed by atoms with Crippen molar-refractivity contribution in [3.05, 3.63) is 40.5 Å². The Balaban J connectivity index is 1.71. The molecule has 1 aliphatic heterocycles. The van der Waals surface area contributed by atoms with E-state index in [-0.39, 0.29) is 5.91 Å². The van der Waals surface area contributed by atoms with E-state index >= 15 is 0 Å². The largest absolute Gasteiger partial charge is 0.340 e. The van der Waals surface area contributed by atoms with Gasteiger partial charge in [0.1, 0.15) is 5.82 Å². The first-order chi connectivity index (χ1) is 11.5. The van der Waals surface area contributed by atoms with Crippen LogP contribution in [0.4, 0.5) is 17.5 Å². The quantitative estimate of drug-likeness (QED) is 0.873. The molecule has 0 bridgehead atoms. The molecular formula is C17H20BrN5O. The number of amides is 1. The fourth-order valence-electron chi connectivity index (χ4n) is 2.70. The van der Waals surface area contributed by atoms with Gasteiger partial charge in [-0.15, -0.1) is 0 Å². The Morgan fingerprint density at radius 2 is 1.96 bits per heavy atom. The van der Waals surface area contributed by atoms with Gasteiger partial charge in [0.25, 0.3) is 0 Å². The van der Waals surface area contributed by atoms with E-state index in [9.17, 15) is 4.79 Å². The second-order valence-electron chi connectivity index (χ2n) is 5.82. The van der Waals surface area contributed by atoms with Gasteiger partial charge >= 0.3 is 0 Å². The summed E-state index contributed by atoms with van der Waals surface area (Å²) in [6.07, 6.45) is 1.76. The predicted molar refractivity (Wildman–Crippen MR) is 98.7 cm³/mol. The van der Waals surface area contributed by atoms with Crippen molar-refractivity contribution in [2.45, 2.75) is 13.8 Å². The molecule has 1 saturated heterocycles. The maximum Gasteiger partial charge on any atom is 0.227 e. The van der Waals surface area contributed by atoms with Crippen molar-refractivity contribution in [1.82, 2.24) is 14.9 Å². The number of aryl methyl sites for hydroxylation is 1. The number of nitrogens with zero attached hydrogens (tertiary/aromatic N) is 4. The second kappa shape index (κ2) is 7.17. The molecule has 1 aromatic carbocycles. The zero-order valence-corrected chi connectivity index (χ0v) is 15.4. The van der Waals surface area contributed by atoms with E-state index in [0.29, 0.717) is 19.0 Å². The molecule has 0 atom stereocenters. The topological polar surface area (TPSA) is 61.4 Å². The van der Waals surface area contributed by atoms with Crippen molar-refractivity contribution < 1.29 is 4.79 Å². The summed E-state index contributed by atoms with van der Waals surface area (Å²) in [6.45, 7) is 6.58. The van der Waals surface area contributed by atoms with Gasteiger partial charge < -0.3 is 15.1 Å². The molecule has 1 aromatic heterocycles. The maximum absolute atomic E-state index is 11.4. The van der Waals surface area contributed by atoms with Gasteiger partial charge in [0.05, 0.1) is 0 Å². The molecule has 2 aromatic rings. The summed E-state index contributed by atoms with van der Waals surface area (Å²) in [5.74, 6) is 1.58. The van der Waals surface area contributed by atoms with Crippen LogP contribution >= 0.6 is 15.9 Å². The molecule has 6 nitrogen and oxygen atoms in total. The molecular weight excluding hydrogens is 370 g/mol. The van der Waals surface area contributed by atoms with Crippen LogP contribution in [0.15, 0.2) is 34.9 Å². The van der Waals surface area contributed by atoms with Crippen LogP contribution in [-0.4, -0.2) is 47.0 Å². The zero-order valence-electron chi connectivity index (χ0n) is 13.8. The highest BCUT2D eigenvalue weighted by Crippen LogP contribution is 2.23. The zero-order chi connectivity index (χ0) is 17.1. The summed E-state index contributed by atoms with van der Waals surface area (Å²) in [5.41, 5.74) is 2.16. The van der Waals surface area contributed by atoms with Crippen molar-refractivity contribution in [3.8, 4) is 0 Å². The molecule has 126 valence electrons. The van der Waals surface area contributed by atoms with E-state index in [2.05, 4.69) is 49.1 Å². The van der Waals surface area contributed by atoms with Crippen LogP contribution in [-0.2, 0) is 4.79 Å². The number of carbonyl (C=O) groups excluding carboxylic acids is 1. The first-order valence-corrected chi connectivity index (χ1v) is 8.69. The minimum atomic E-state index is 0.122. The first-order valence-electron chi connectivity index (χ1n) is 7.89. The van der Waals surface area contributed by atoms with Gasteiger partial charge in [-0.25, -0.2) is 4.98 Å². The van der Waals surface area contributed by atoms with Crippen LogP contribution in [0.3, 0.4) is 0 Å². The molecule has 0 aliphatic carbocycles. The monoisotopic (exact) mass is 389 g/mol. The maximum atomic E-state index is 11.4. The van der Waals surface area contributed by atoms with Crippen LogP contribution < -0.4 is 10.2 Å². The summed E-state index contributed by atoms with van der Waals surface area (Å²) in [7, 11) is 0. The number of anilines is 3. The number of rotatable bonds is 3. The fourth-order valence-corrected chi connectivity index (χ4v) is 3.17. The van der Waals surface area contributed by atoms with Gasteiger partial charge in [0.2, 0.25) is 11.9 Å². The third kappa shape index (κ3) is 3.84. The first kappa shape index (κ1) is 16.7. The SMILES string of the molecule is CC(=O)N1CCN(c2nccc(Nc3ccc(Br)cc3C)n2)CC1. The van der Waals surface area contributed by atoms with E-state index < -0.39 is 0 Å². The molecule has 2 heterocycles. The van der Waals surface area contributed by atoms with Gasteiger partial charge in [-0.05, 0) is 36.8 Å². The van der Waals surface area contributed by atoms with Crippen molar-refractivity contribution >= 4 is 39.3 Å². The van der Waals surface area contributed by atoms with Crippen LogP contribution in [0, 0.1) is 6.92 Å². The van der Waals surface area contributed by atoms with E-state index in [0.717, 1.165) is 34.6 Å².